The number of aromatic nitrogens is 3. The molecule has 7 nitrogen and oxygen atoms in total. The first-order chi connectivity index (χ1) is 9.40. The molecule has 0 radical (unpaired) electrons. The third-order valence-electron chi connectivity index (χ3n) is 2.72. The highest BCUT2D eigenvalue weighted by Crippen LogP contribution is 2.24. The fourth-order valence-corrected chi connectivity index (χ4v) is 1.59. The van der Waals surface area contributed by atoms with Gasteiger partial charge in [0.2, 0.25) is 5.91 Å². The Morgan fingerprint density at radius 3 is 2.60 bits per heavy atom. The topological polar surface area (TPSA) is 97.1 Å². The molecule has 0 aromatic carbocycles. The third-order valence-corrected chi connectivity index (χ3v) is 2.72. The van der Waals surface area contributed by atoms with Gasteiger partial charge in [0.05, 0.1) is 0 Å². The van der Waals surface area contributed by atoms with Crippen molar-refractivity contribution >= 4 is 11.9 Å². The molecule has 0 aliphatic carbocycles. The molecule has 112 valence electrons. The van der Waals surface area contributed by atoms with E-state index < -0.39 is 35.7 Å². The van der Waals surface area contributed by atoms with E-state index in [0.717, 1.165) is 12.8 Å². The maximum Gasteiger partial charge on any atom is 0.358 e. The Hall–Kier alpha value is -2.06. The van der Waals surface area contributed by atoms with Gasteiger partial charge in [-0.05, 0) is 13.3 Å². The van der Waals surface area contributed by atoms with Crippen molar-refractivity contribution < 1.29 is 23.5 Å². The number of alkyl halides is 2. The lowest BCUT2D eigenvalue weighted by molar-refractivity contribution is -0.124. The molecule has 1 heterocycles. The molecule has 1 rings (SSSR count). The number of nitrogens with one attached hydrogen (secondary N) is 1. The van der Waals surface area contributed by atoms with Crippen LogP contribution in [-0.2, 0) is 4.79 Å². The standard InChI is InChI=1S/C11H16F2N4O3/c1-3-4-5-14-10(18)6(2)17-8(9(12)13)7(11(19)20)15-16-17/h6,9H,3-5H2,1-2H3,(H,14,18)(H,19,20). The van der Waals surface area contributed by atoms with Crippen molar-refractivity contribution in [2.75, 3.05) is 6.54 Å². The van der Waals surface area contributed by atoms with Gasteiger partial charge in [-0.3, -0.25) is 4.79 Å². The average Bonchev–Trinajstić information content (AvgIpc) is 2.82. The Kier molecular flexibility index (Phi) is 5.53. The Morgan fingerprint density at radius 1 is 1.45 bits per heavy atom. The fourth-order valence-electron chi connectivity index (χ4n) is 1.59. The van der Waals surface area contributed by atoms with Gasteiger partial charge < -0.3 is 10.4 Å². The molecule has 0 aliphatic heterocycles. The van der Waals surface area contributed by atoms with Crippen LogP contribution in [-0.4, -0.2) is 38.5 Å². The van der Waals surface area contributed by atoms with Gasteiger partial charge in [0.15, 0.2) is 5.69 Å². The summed E-state index contributed by atoms with van der Waals surface area (Å²) in [7, 11) is 0. The van der Waals surface area contributed by atoms with Gasteiger partial charge in [-0.15, -0.1) is 5.10 Å². The van der Waals surface area contributed by atoms with E-state index in [-0.39, 0.29) is 0 Å². The Labute approximate surface area is 114 Å². The van der Waals surface area contributed by atoms with E-state index in [1.54, 1.807) is 0 Å². The second kappa shape index (κ2) is 6.92. The van der Waals surface area contributed by atoms with Gasteiger partial charge in [0.25, 0.3) is 6.43 Å². The maximum atomic E-state index is 12.9. The molecule has 0 saturated heterocycles. The number of carbonyl (C=O) groups is 2. The SMILES string of the molecule is CCCCNC(=O)C(C)n1nnc(C(=O)O)c1C(F)F. The predicted octanol–water partition coefficient (Wildman–Crippen LogP) is 1.39. The molecule has 1 aromatic rings. The molecule has 0 bridgehead atoms. The van der Waals surface area contributed by atoms with Crippen LogP contribution in [0, 0.1) is 0 Å². The Balaban J connectivity index is 2.95. The number of rotatable bonds is 7. The zero-order valence-corrected chi connectivity index (χ0v) is 11.1. The molecule has 1 unspecified atom stereocenters. The van der Waals surface area contributed by atoms with Crippen molar-refractivity contribution in [3.63, 3.8) is 0 Å². The number of aromatic carboxylic acids is 1. The minimum absolute atomic E-state index is 0.421. The summed E-state index contributed by atoms with van der Waals surface area (Å²) in [6, 6.07) is -1.06. The molecular formula is C11H16F2N4O3. The summed E-state index contributed by atoms with van der Waals surface area (Å²) in [5.74, 6) is -2.12. The first-order valence-electron chi connectivity index (χ1n) is 6.14. The van der Waals surface area contributed by atoms with Crippen molar-refractivity contribution in [1.82, 2.24) is 20.3 Å². The molecule has 9 heteroatoms. The van der Waals surface area contributed by atoms with Crippen LogP contribution in [0.25, 0.3) is 0 Å². The molecule has 2 N–H and O–H groups in total. The van der Waals surface area contributed by atoms with E-state index >= 15 is 0 Å². The number of carboxylic acid groups (broad SMARTS) is 1. The highest BCUT2D eigenvalue weighted by atomic mass is 19.3. The summed E-state index contributed by atoms with van der Waals surface area (Å²) in [5, 5.41) is 17.9. The van der Waals surface area contributed by atoms with Gasteiger partial charge in [0.1, 0.15) is 11.7 Å². The number of hydrogen-bond donors (Lipinski definition) is 2. The van der Waals surface area contributed by atoms with Crippen molar-refractivity contribution in [3.05, 3.63) is 11.4 Å². The second-order valence-electron chi connectivity index (χ2n) is 4.19. The van der Waals surface area contributed by atoms with Gasteiger partial charge in [-0.2, -0.15) is 0 Å². The van der Waals surface area contributed by atoms with Gasteiger partial charge in [-0.1, -0.05) is 18.6 Å². The van der Waals surface area contributed by atoms with Gasteiger partial charge in [-0.25, -0.2) is 18.3 Å². The van der Waals surface area contributed by atoms with Gasteiger partial charge >= 0.3 is 5.97 Å². The molecule has 0 saturated carbocycles. The number of carbonyl (C=O) groups excluding carboxylic acids is 1. The Bertz CT molecular complexity index is 490. The van der Waals surface area contributed by atoms with E-state index in [2.05, 4.69) is 15.6 Å². The fraction of sp³-hybridized carbons (Fsp3) is 0.636. The molecule has 0 aliphatic rings. The first kappa shape index (κ1) is 16.0. The summed E-state index contributed by atoms with van der Waals surface area (Å²) in [5.41, 5.74) is -1.70. The number of nitrogens with zero attached hydrogens (tertiary/aromatic N) is 3. The zero-order chi connectivity index (χ0) is 15.3. The van der Waals surface area contributed by atoms with Crippen LogP contribution in [0.4, 0.5) is 8.78 Å². The Morgan fingerprint density at radius 2 is 2.10 bits per heavy atom. The number of amides is 1. The number of carboxylic acids is 1. The zero-order valence-electron chi connectivity index (χ0n) is 11.1. The summed E-state index contributed by atoms with van der Waals surface area (Å²) < 4.78 is 26.5. The molecule has 1 atom stereocenters. The number of unbranched alkanes of at least 4 members (excludes halogenated alkanes) is 1. The van der Waals surface area contributed by atoms with E-state index in [1.807, 2.05) is 6.92 Å². The molecule has 20 heavy (non-hydrogen) atoms. The summed E-state index contributed by atoms with van der Waals surface area (Å²) in [4.78, 5) is 22.6. The summed E-state index contributed by atoms with van der Waals surface area (Å²) in [6.07, 6.45) is -1.44. The molecule has 0 spiro atoms. The second-order valence-corrected chi connectivity index (χ2v) is 4.19. The highest BCUT2D eigenvalue weighted by Gasteiger charge is 2.30. The predicted molar refractivity (Wildman–Crippen MR) is 64.6 cm³/mol. The van der Waals surface area contributed by atoms with Crippen LogP contribution in [0.1, 0.15) is 55.3 Å². The van der Waals surface area contributed by atoms with Crippen LogP contribution >= 0.6 is 0 Å². The lowest BCUT2D eigenvalue weighted by Gasteiger charge is -2.14. The minimum atomic E-state index is -3.08. The lowest BCUT2D eigenvalue weighted by Crippen LogP contribution is -2.33. The van der Waals surface area contributed by atoms with E-state index in [9.17, 15) is 18.4 Å². The normalized spacial score (nSPS) is 12.4. The average molecular weight is 290 g/mol. The maximum absolute atomic E-state index is 12.9. The van der Waals surface area contributed by atoms with Crippen molar-refractivity contribution in [2.45, 2.75) is 39.2 Å². The van der Waals surface area contributed by atoms with Crippen LogP contribution in [0.3, 0.4) is 0 Å². The molecule has 0 fully saturated rings. The molecule has 1 amide bonds. The van der Waals surface area contributed by atoms with Crippen molar-refractivity contribution in [3.8, 4) is 0 Å². The third kappa shape index (κ3) is 3.49. The van der Waals surface area contributed by atoms with Crippen LogP contribution in [0.15, 0.2) is 0 Å². The molecular weight excluding hydrogens is 274 g/mol. The van der Waals surface area contributed by atoms with Crippen molar-refractivity contribution in [2.24, 2.45) is 0 Å². The summed E-state index contributed by atoms with van der Waals surface area (Å²) >= 11 is 0. The van der Waals surface area contributed by atoms with E-state index in [1.165, 1.54) is 6.92 Å². The van der Waals surface area contributed by atoms with Crippen LogP contribution in [0.5, 0.6) is 0 Å². The van der Waals surface area contributed by atoms with Crippen molar-refractivity contribution in [1.29, 1.82) is 0 Å². The van der Waals surface area contributed by atoms with E-state index in [0.29, 0.717) is 11.2 Å². The number of hydrogen-bond acceptors (Lipinski definition) is 4. The smallest absolute Gasteiger partial charge is 0.358 e. The van der Waals surface area contributed by atoms with E-state index in [4.69, 9.17) is 5.11 Å². The summed E-state index contributed by atoms with van der Waals surface area (Å²) in [6.45, 7) is 3.72. The largest absolute Gasteiger partial charge is 0.476 e. The number of halogens is 2. The lowest BCUT2D eigenvalue weighted by atomic mass is 10.2. The first-order valence-corrected chi connectivity index (χ1v) is 6.14. The van der Waals surface area contributed by atoms with Crippen LogP contribution in [0.2, 0.25) is 0 Å². The monoisotopic (exact) mass is 290 g/mol. The minimum Gasteiger partial charge on any atom is -0.476 e. The van der Waals surface area contributed by atoms with Gasteiger partial charge in [0, 0.05) is 6.54 Å². The quantitative estimate of drug-likeness (QED) is 0.740. The molecule has 1 aromatic heterocycles. The van der Waals surface area contributed by atoms with Crippen LogP contribution < -0.4 is 5.32 Å². The highest BCUT2D eigenvalue weighted by molar-refractivity contribution is 5.87.